The summed E-state index contributed by atoms with van der Waals surface area (Å²) in [7, 11) is 1.78. The first-order chi connectivity index (χ1) is 7.20. The Morgan fingerprint density at radius 1 is 1.27 bits per heavy atom. The number of ether oxygens (including phenoxy) is 1. The molecule has 0 aromatic rings. The molecule has 2 aliphatic carbocycles. The van der Waals surface area contributed by atoms with E-state index in [-0.39, 0.29) is 0 Å². The summed E-state index contributed by atoms with van der Waals surface area (Å²) < 4.78 is 5.17. The third kappa shape index (κ3) is 2.54. The van der Waals surface area contributed by atoms with E-state index in [1.54, 1.807) is 7.11 Å². The first-order valence-corrected chi connectivity index (χ1v) is 6.45. The highest BCUT2D eigenvalue weighted by molar-refractivity contribution is 4.94. The quantitative estimate of drug-likeness (QED) is 0.754. The van der Waals surface area contributed by atoms with Gasteiger partial charge in [0.15, 0.2) is 0 Å². The van der Waals surface area contributed by atoms with E-state index in [0.717, 1.165) is 24.4 Å². The molecule has 2 fully saturated rings. The van der Waals surface area contributed by atoms with E-state index in [1.807, 2.05) is 0 Å². The Labute approximate surface area is 93.8 Å². The molecule has 0 saturated heterocycles. The molecule has 2 rings (SSSR count). The monoisotopic (exact) mass is 211 g/mol. The molecular weight excluding hydrogens is 186 g/mol. The van der Waals surface area contributed by atoms with Crippen LogP contribution in [0.2, 0.25) is 0 Å². The van der Waals surface area contributed by atoms with Gasteiger partial charge in [-0.15, -0.1) is 0 Å². The van der Waals surface area contributed by atoms with Crippen molar-refractivity contribution in [3.63, 3.8) is 0 Å². The number of rotatable bonds is 5. The van der Waals surface area contributed by atoms with Gasteiger partial charge in [-0.3, -0.25) is 0 Å². The Morgan fingerprint density at radius 2 is 2.07 bits per heavy atom. The number of hydrogen-bond donors (Lipinski definition) is 1. The van der Waals surface area contributed by atoms with Crippen LogP contribution in [0.5, 0.6) is 0 Å². The van der Waals surface area contributed by atoms with E-state index in [1.165, 1.54) is 25.7 Å². The van der Waals surface area contributed by atoms with Crippen LogP contribution in [0.25, 0.3) is 0 Å². The number of methoxy groups -OCH3 is 1. The van der Waals surface area contributed by atoms with Crippen LogP contribution >= 0.6 is 0 Å². The van der Waals surface area contributed by atoms with Gasteiger partial charge in [0.2, 0.25) is 0 Å². The minimum absolute atomic E-state index is 0.490. The predicted octanol–water partition coefficient (Wildman–Crippen LogP) is 2.44. The maximum Gasteiger partial charge on any atom is 0.0613 e. The minimum Gasteiger partial charge on any atom is -0.383 e. The lowest BCUT2D eigenvalue weighted by Gasteiger charge is -2.30. The third-order valence-corrected chi connectivity index (χ3v) is 4.40. The van der Waals surface area contributed by atoms with Crippen molar-refractivity contribution in [1.29, 1.82) is 0 Å². The fourth-order valence-electron chi connectivity index (χ4n) is 3.78. The van der Waals surface area contributed by atoms with Crippen LogP contribution in [0.1, 0.15) is 39.5 Å². The van der Waals surface area contributed by atoms with Crippen LogP contribution in [0.15, 0.2) is 0 Å². The van der Waals surface area contributed by atoms with E-state index < -0.39 is 0 Å². The summed E-state index contributed by atoms with van der Waals surface area (Å²) in [6, 6.07) is 1.16. The second-order valence-corrected chi connectivity index (χ2v) is 5.65. The molecule has 0 aliphatic heterocycles. The molecule has 0 spiro atoms. The smallest absolute Gasteiger partial charge is 0.0613 e. The zero-order chi connectivity index (χ0) is 10.8. The molecule has 2 aliphatic rings. The molecule has 2 nitrogen and oxygen atoms in total. The van der Waals surface area contributed by atoms with E-state index in [2.05, 4.69) is 19.2 Å². The van der Waals surface area contributed by atoms with Gasteiger partial charge < -0.3 is 10.1 Å². The minimum atomic E-state index is 0.490. The van der Waals surface area contributed by atoms with Crippen molar-refractivity contribution in [3.05, 3.63) is 0 Å². The fourth-order valence-corrected chi connectivity index (χ4v) is 3.78. The number of nitrogens with one attached hydrogen (secondary N) is 1. The molecule has 88 valence electrons. The van der Waals surface area contributed by atoms with Crippen molar-refractivity contribution in [2.45, 2.75) is 51.6 Å². The van der Waals surface area contributed by atoms with Crippen LogP contribution < -0.4 is 5.32 Å². The average molecular weight is 211 g/mol. The van der Waals surface area contributed by atoms with Gasteiger partial charge in [-0.25, -0.2) is 0 Å². The number of fused-ring (bicyclic) bond motifs is 2. The number of hydrogen-bond acceptors (Lipinski definition) is 2. The van der Waals surface area contributed by atoms with Crippen LogP contribution in [-0.4, -0.2) is 25.8 Å². The third-order valence-electron chi connectivity index (χ3n) is 4.40. The Bertz CT molecular complexity index is 207. The van der Waals surface area contributed by atoms with Gasteiger partial charge >= 0.3 is 0 Å². The first kappa shape index (κ1) is 11.4. The van der Waals surface area contributed by atoms with Gasteiger partial charge in [0, 0.05) is 19.2 Å². The van der Waals surface area contributed by atoms with Crippen LogP contribution in [0.4, 0.5) is 0 Å². The lowest BCUT2D eigenvalue weighted by Crippen LogP contribution is -2.43. The summed E-state index contributed by atoms with van der Waals surface area (Å²) in [4.78, 5) is 0. The average Bonchev–Trinajstić information content (AvgIpc) is 2.78. The van der Waals surface area contributed by atoms with Gasteiger partial charge in [0.25, 0.3) is 0 Å². The molecule has 1 N–H and O–H groups in total. The van der Waals surface area contributed by atoms with Crippen molar-refractivity contribution in [3.8, 4) is 0 Å². The molecule has 0 amide bonds. The van der Waals surface area contributed by atoms with E-state index >= 15 is 0 Å². The SMILES string of the molecule is COCC(C)NC(C)C1CC2CCC1C2. The molecule has 5 atom stereocenters. The van der Waals surface area contributed by atoms with Crippen molar-refractivity contribution < 1.29 is 4.74 Å². The zero-order valence-electron chi connectivity index (χ0n) is 10.3. The van der Waals surface area contributed by atoms with Gasteiger partial charge in [0.1, 0.15) is 0 Å². The highest BCUT2D eigenvalue weighted by Crippen LogP contribution is 2.49. The molecule has 0 aromatic heterocycles. The van der Waals surface area contributed by atoms with Crippen LogP contribution in [0.3, 0.4) is 0 Å². The highest BCUT2D eigenvalue weighted by Gasteiger charge is 2.41. The molecule has 0 radical (unpaired) electrons. The summed E-state index contributed by atoms with van der Waals surface area (Å²) >= 11 is 0. The van der Waals surface area contributed by atoms with E-state index in [9.17, 15) is 0 Å². The molecule has 2 heteroatoms. The fraction of sp³-hybridized carbons (Fsp3) is 1.00. The Balaban J connectivity index is 1.78. The first-order valence-electron chi connectivity index (χ1n) is 6.45. The summed E-state index contributed by atoms with van der Waals surface area (Å²) in [6.07, 6.45) is 5.97. The maximum atomic E-state index is 5.17. The molecular formula is C13H25NO. The van der Waals surface area contributed by atoms with Gasteiger partial charge in [-0.2, -0.15) is 0 Å². The molecule has 15 heavy (non-hydrogen) atoms. The second kappa shape index (κ2) is 4.84. The van der Waals surface area contributed by atoms with Gasteiger partial charge in [0.05, 0.1) is 6.61 Å². The summed E-state index contributed by atoms with van der Waals surface area (Å²) in [5.74, 6) is 3.01. The Hall–Kier alpha value is -0.0800. The zero-order valence-corrected chi connectivity index (χ0v) is 10.3. The Morgan fingerprint density at radius 3 is 2.60 bits per heavy atom. The largest absolute Gasteiger partial charge is 0.383 e. The van der Waals surface area contributed by atoms with Crippen LogP contribution in [0, 0.1) is 17.8 Å². The Kier molecular flexibility index (Phi) is 3.68. The molecule has 0 aromatic carbocycles. The summed E-state index contributed by atoms with van der Waals surface area (Å²) in [5.41, 5.74) is 0. The van der Waals surface area contributed by atoms with E-state index in [4.69, 9.17) is 4.74 Å². The van der Waals surface area contributed by atoms with Crippen molar-refractivity contribution in [2.75, 3.05) is 13.7 Å². The van der Waals surface area contributed by atoms with E-state index in [0.29, 0.717) is 12.1 Å². The lowest BCUT2D eigenvalue weighted by atomic mass is 9.84. The van der Waals surface area contributed by atoms with Gasteiger partial charge in [-0.05, 0) is 50.9 Å². The van der Waals surface area contributed by atoms with Crippen molar-refractivity contribution in [1.82, 2.24) is 5.32 Å². The molecule has 2 saturated carbocycles. The summed E-state index contributed by atoms with van der Waals surface area (Å²) in [5, 5.41) is 3.68. The van der Waals surface area contributed by atoms with Crippen LogP contribution in [-0.2, 0) is 4.74 Å². The normalized spacial score (nSPS) is 38.2. The van der Waals surface area contributed by atoms with Crippen molar-refractivity contribution in [2.24, 2.45) is 17.8 Å². The standard InChI is InChI=1S/C13H25NO/c1-9(8-15-3)14-10(2)13-7-11-4-5-12(13)6-11/h9-14H,4-8H2,1-3H3. The second-order valence-electron chi connectivity index (χ2n) is 5.65. The maximum absolute atomic E-state index is 5.17. The van der Waals surface area contributed by atoms with Crippen molar-refractivity contribution >= 4 is 0 Å². The highest BCUT2D eigenvalue weighted by atomic mass is 16.5. The summed E-state index contributed by atoms with van der Waals surface area (Å²) in [6.45, 7) is 5.40. The van der Waals surface area contributed by atoms with Gasteiger partial charge in [-0.1, -0.05) is 6.42 Å². The topological polar surface area (TPSA) is 21.3 Å². The predicted molar refractivity (Wildman–Crippen MR) is 62.9 cm³/mol. The molecule has 0 heterocycles. The lowest BCUT2D eigenvalue weighted by molar-refractivity contribution is 0.154. The molecule has 2 bridgehead atoms. The molecule has 5 unspecified atom stereocenters.